The Kier molecular flexibility index (Phi) is 1.47. The summed E-state index contributed by atoms with van der Waals surface area (Å²) in [5.74, 6) is 2.00. The summed E-state index contributed by atoms with van der Waals surface area (Å²) in [6, 6.07) is 0. The molecule has 0 amide bonds. The summed E-state index contributed by atoms with van der Waals surface area (Å²) < 4.78 is 0. The van der Waals surface area contributed by atoms with Gasteiger partial charge in [0.1, 0.15) is 0 Å². The van der Waals surface area contributed by atoms with Crippen molar-refractivity contribution < 1.29 is 5.11 Å². The summed E-state index contributed by atoms with van der Waals surface area (Å²) in [7, 11) is 0. The van der Waals surface area contributed by atoms with Crippen LogP contribution in [0, 0.1) is 23.2 Å². The molecule has 2 aliphatic carbocycles. The molecule has 2 fully saturated rings. The van der Waals surface area contributed by atoms with Crippen LogP contribution in [0.5, 0.6) is 0 Å². The summed E-state index contributed by atoms with van der Waals surface area (Å²) in [6.07, 6.45) is 2.27. The van der Waals surface area contributed by atoms with Crippen molar-refractivity contribution in [3.05, 3.63) is 0 Å². The van der Waals surface area contributed by atoms with Gasteiger partial charge in [-0.05, 0) is 42.9 Å². The van der Waals surface area contributed by atoms with E-state index >= 15 is 0 Å². The quantitative estimate of drug-likeness (QED) is 0.589. The lowest BCUT2D eigenvalue weighted by atomic mass is 9.65. The van der Waals surface area contributed by atoms with Gasteiger partial charge in [-0.3, -0.25) is 0 Å². The van der Waals surface area contributed by atoms with Gasteiger partial charge in [-0.25, -0.2) is 0 Å². The van der Waals surface area contributed by atoms with Gasteiger partial charge in [-0.15, -0.1) is 0 Å². The highest BCUT2D eigenvalue weighted by molar-refractivity contribution is 5.09. The molecule has 0 saturated heterocycles. The number of hydrogen-bond acceptors (Lipinski definition) is 1. The Bertz CT molecular complexity index is 201. The molecule has 0 aromatic heterocycles. The van der Waals surface area contributed by atoms with Gasteiger partial charge in [0.25, 0.3) is 0 Å². The highest BCUT2D eigenvalue weighted by Crippen LogP contribution is 2.62. The molecular formula is C11H20O. The van der Waals surface area contributed by atoms with Crippen LogP contribution < -0.4 is 0 Å². The predicted molar refractivity (Wildman–Crippen MR) is 49.8 cm³/mol. The third-order valence-corrected chi connectivity index (χ3v) is 4.83. The van der Waals surface area contributed by atoms with E-state index in [0.29, 0.717) is 17.3 Å². The molecule has 0 radical (unpaired) electrons. The van der Waals surface area contributed by atoms with Crippen molar-refractivity contribution in [3.63, 3.8) is 0 Å². The molecule has 0 unspecified atom stereocenters. The Morgan fingerprint density at radius 3 is 2.17 bits per heavy atom. The molecule has 0 spiro atoms. The molecule has 70 valence electrons. The van der Waals surface area contributed by atoms with Gasteiger partial charge in [0.2, 0.25) is 0 Å². The normalized spacial score (nSPS) is 56.2. The number of rotatable bonds is 0. The van der Waals surface area contributed by atoms with Gasteiger partial charge in [-0.1, -0.05) is 20.8 Å². The topological polar surface area (TPSA) is 20.2 Å². The molecule has 0 aromatic carbocycles. The first-order chi connectivity index (χ1) is 5.36. The van der Waals surface area contributed by atoms with E-state index < -0.39 is 0 Å². The Hall–Kier alpha value is -0.0400. The highest BCUT2D eigenvalue weighted by Gasteiger charge is 2.59. The molecule has 2 saturated carbocycles. The summed E-state index contributed by atoms with van der Waals surface area (Å²) in [5, 5.41) is 10.1. The smallest absolute Gasteiger partial charge is 0.0653 e. The maximum absolute atomic E-state index is 10.1. The molecule has 1 heteroatoms. The molecule has 4 atom stereocenters. The minimum atomic E-state index is -0.362. The second kappa shape index (κ2) is 2.06. The van der Waals surface area contributed by atoms with Gasteiger partial charge in [0.05, 0.1) is 5.60 Å². The van der Waals surface area contributed by atoms with Crippen LogP contribution in [0.1, 0.15) is 40.5 Å². The van der Waals surface area contributed by atoms with Crippen molar-refractivity contribution in [1.29, 1.82) is 0 Å². The van der Waals surface area contributed by atoms with Crippen molar-refractivity contribution in [2.24, 2.45) is 23.2 Å². The van der Waals surface area contributed by atoms with Crippen molar-refractivity contribution in [2.45, 2.75) is 46.1 Å². The number of aliphatic hydroxyl groups is 1. The summed E-state index contributed by atoms with van der Waals surface area (Å²) >= 11 is 0. The molecule has 12 heavy (non-hydrogen) atoms. The predicted octanol–water partition coefficient (Wildman–Crippen LogP) is 2.44. The van der Waals surface area contributed by atoms with Gasteiger partial charge in [-0.2, -0.15) is 0 Å². The largest absolute Gasteiger partial charge is 0.390 e. The summed E-state index contributed by atoms with van der Waals surface area (Å²) in [5.41, 5.74) is 0.104. The molecule has 2 aliphatic rings. The van der Waals surface area contributed by atoms with E-state index in [1.807, 2.05) is 6.92 Å². The van der Waals surface area contributed by atoms with E-state index in [0.717, 1.165) is 12.3 Å². The van der Waals surface area contributed by atoms with Crippen LogP contribution in [0.4, 0.5) is 0 Å². The first-order valence-corrected chi connectivity index (χ1v) is 5.08. The second-order valence-electron chi connectivity index (χ2n) is 5.71. The molecule has 1 nitrogen and oxygen atoms in total. The third-order valence-electron chi connectivity index (χ3n) is 4.83. The van der Waals surface area contributed by atoms with E-state index in [4.69, 9.17) is 0 Å². The lowest BCUT2D eigenvalue weighted by Gasteiger charge is -2.43. The van der Waals surface area contributed by atoms with Crippen LogP contribution in [0.15, 0.2) is 0 Å². The lowest BCUT2D eigenvalue weighted by Crippen LogP contribution is -2.42. The van der Waals surface area contributed by atoms with E-state index in [9.17, 15) is 5.11 Å². The minimum Gasteiger partial charge on any atom is -0.390 e. The zero-order chi connectivity index (χ0) is 9.15. The van der Waals surface area contributed by atoms with E-state index in [1.165, 1.54) is 6.42 Å². The van der Waals surface area contributed by atoms with Crippen molar-refractivity contribution in [1.82, 2.24) is 0 Å². The number of fused-ring (bicyclic) bond motifs is 2. The van der Waals surface area contributed by atoms with Crippen molar-refractivity contribution >= 4 is 0 Å². The second-order valence-corrected chi connectivity index (χ2v) is 5.71. The maximum Gasteiger partial charge on any atom is 0.0653 e. The van der Waals surface area contributed by atoms with E-state index in [2.05, 4.69) is 20.8 Å². The lowest BCUT2D eigenvalue weighted by molar-refractivity contribution is -0.0537. The zero-order valence-corrected chi connectivity index (χ0v) is 8.59. The molecule has 1 N–H and O–H groups in total. The van der Waals surface area contributed by atoms with E-state index in [-0.39, 0.29) is 5.60 Å². The summed E-state index contributed by atoms with van der Waals surface area (Å²) in [4.78, 5) is 0. The Morgan fingerprint density at radius 2 is 1.83 bits per heavy atom. The molecule has 0 aromatic rings. The Balaban J connectivity index is 2.30. The van der Waals surface area contributed by atoms with Crippen LogP contribution in [-0.4, -0.2) is 10.7 Å². The fourth-order valence-electron chi connectivity index (χ4n) is 3.49. The number of hydrogen-bond donors (Lipinski definition) is 1. The van der Waals surface area contributed by atoms with Crippen LogP contribution >= 0.6 is 0 Å². The van der Waals surface area contributed by atoms with Crippen molar-refractivity contribution in [2.75, 3.05) is 0 Å². The molecule has 2 rings (SSSR count). The fraction of sp³-hybridized carbons (Fsp3) is 1.00. The van der Waals surface area contributed by atoms with Gasteiger partial charge in [0, 0.05) is 0 Å². The maximum atomic E-state index is 10.1. The fourth-order valence-corrected chi connectivity index (χ4v) is 3.49. The highest BCUT2D eigenvalue weighted by atomic mass is 16.3. The average molecular weight is 168 g/mol. The SMILES string of the molecule is C[C@H]1[C@@H]2C[C@@H](C[C@@]2(C)O)C1(C)C. The first kappa shape index (κ1) is 8.55. The van der Waals surface area contributed by atoms with Crippen LogP contribution in [0.3, 0.4) is 0 Å². The van der Waals surface area contributed by atoms with Gasteiger partial charge < -0.3 is 5.11 Å². The van der Waals surface area contributed by atoms with Crippen LogP contribution in [0.25, 0.3) is 0 Å². The monoisotopic (exact) mass is 168 g/mol. The third kappa shape index (κ3) is 0.834. The van der Waals surface area contributed by atoms with E-state index in [1.54, 1.807) is 0 Å². The van der Waals surface area contributed by atoms with Crippen LogP contribution in [-0.2, 0) is 0 Å². The average Bonchev–Trinajstić information content (AvgIpc) is 2.31. The Morgan fingerprint density at radius 1 is 1.25 bits per heavy atom. The van der Waals surface area contributed by atoms with Gasteiger partial charge in [0.15, 0.2) is 0 Å². The van der Waals surface area contributed by atoms with Crippen molar-refractivity contribution in [3.8, 4) is 0 Å². The van der Waals surface area contributed by atoms with Gasteiger partial charge >= 0.3 is 0 Å². The first-order valence-electron chi connectivity index (χ1n) is 5.08. The summed E-state index contributed by atoms with van der Waals surface area (Å²) in [6.45, 7) is 9.04. The minimum absolute atomic E-state index is 0.362. The molecule has 2 bridgehead atoms. The zero-order valence-electron chi connectivity index (χ0n) is 8.59. The molecule has 0 heterocycles. The Labute approximate surface area is 75.2 Å². The molecule has 0 aliphatic heterocycles. The van der Waals surface area contributed by atoms with Crippen LogP contribution in [0.2, 0.25) is 0 Å². The standard InChI is InChI=1S/C11H20O/c1-7-9-5-8(10(7,2)3)6-11(9,4)12/h7-9,12H,5-6H2,1-4H3/t7-,8-,9-,11+/m0/s1. The molecular weight excluding hydrogens is 148 g/mol.